The standard InChI is InChI=1S/C46H29NO2/c1-3-11-31(12-4-1)41-29-42-39-25-21-32(27-44(39)49-46(42)40-17-8-7-15-36(40)41)30-19-22-34(23-20-30)47(33-13-5-2-6-14-33)35-24-26-38-37-16-9-10-18-43(37)48-45(38)28-35/h1-29H. The molecule has 10 rings (SSSR count). The minimum absolute atomic E-state index is 0.874. The van der Waals surface area contributed by atoms with Crippen molar-refractivity contribution in [2.24, 2.45) is 0 Å². The van der Waals surface area contributed by atoms with Gasteiger partial charge < -0.3 is 13.7 Å². The van der Waals surface area contributed by atoms with Gasteiger partial charge in [0.15, 0.2) is 0 Å². The molecule has 0 radical (unpaired) electrons. The van der Waals surface area contributed by atoms with Gasteiger partial charge in [0.25, 0.3) is 0 Å². The summed E-state index contributed by atoms with van der Waals surface area (Å²) in [6.07, 6.45) is 0. The van der Waals surface area contributed by atoms with E-state index in [4.69, 9.17) is 8.83 Å². The van der Waals surface area contributed by atoms with Crippen LogP contribution in [0.3, 0.4) is 0 Å². The molecule has 0 N–H and O–H groups in total. The number of furan rings is 2. The molecule has 0 unspecified atom stereocenters. The molecule has 3 heteroatoms. The van der Waals surface area contributed by atoms with Gasteiger partial charge in [-0.2, -0.15) is 0 Å². The smallest absolute Gasteiger partial charge is 0.143 e. The third-order valence-corrected chi connectivity index (χ3v) is 9.66. The molecular formula is C46H29NO2. The van der Waals surface area contributed by atoms with Crippen LogP contribution in [0.5, 0.6) is 0 Å². The molecule has 8 aromatic carbocycles. The maximum atomic E-state index is 6.64. The summed E-state index contributed by atoms with van der Waals surface area (Å²) in [7, 11) is 0. The van der Waals surface area contributed by atoms with E-state index in [1.807, 2.05) is 18.2 Å². The quantitative estimate of drug-likeness (QED) is 0.190. The average Bonchev–Trinajstić information content (AvgIpc) is 3.73. The molecule has 0 bridgehead atoms. The van der Waals surface area contributed by atoms with Gasteiger partial charge in [-0.05, 0) is 88.3 Å². The number of benzene rings is 8. The number of nitrogens with zero attached hydrogens (tertiary/aromatic N) is 1. The lowest BCUT2D eigenvalue weighted by atomic mass is 9.95. The largest absolute Gasteiger partial charge is 0.456 e. The topological polar surface area (TPSA) is 29.5 Å². The Morgan fingerprint density at radius 2 is 0.878 bits per heavy atom. The molecule has 230 valence electrons. The summed E-state index contributed by atoms with van der Waals surface area (Å²) in [5.74, 6) is 0. The van der Waals surface area contributed by atoms with Crippen molar-refractivity contribution < 1.29 is 8.83 Å². The van der Waals surface area contributed by atoms with E-state index in [0.717, 1.165) is 77.5 Å². The van der Waals surface area contributed by atoms with Gasteiger partial charge in [0.05, 0.1) is 0 Å². The van der Waals surface area contributed by atoms with Crippen molar-refractivity contribution in [3.63, 3.8) is 0 Å². The van der Waals surface area contributed by atoms with Crippen molar-refractivity contribution in [1.82, 2.24) is 0 Å². The zero-order valence-corrected chi connectivity index (χ0v) is 26.5. The van der Waals surface area contributed by atoms with Gasteiger partial charge in [-0.3, -0.25) is 0 Å². The minimum Gasteiger partial charge on any atom is -0.456 e. The zero-order valence-electron chi connectivity index (χ0n) is 26.5. The normalized spacial score (nSPS) is 11.7. The third-order valence-electron chi connectivity index (χ3n) is 9.66. The fourth-order valence-electron chi connectivity index (χ4n) is 7.31. The zero-order chi connectivity index (χ0) is 32.3. The Bertz CT molecular complexity index is 2810. The number of fused-ring (bicyclic) bond motifs is 8. The van der Waals surface area contributed by atoms with Crippen molar-refractivity contribution in [3.8, 4) is 22.3 Å². The van der Waals surface area contributed by atoms with Crippen LogP contribution in [0, 0.1) is 0 Å². The molecule has 0 fully saturated rings. The van der Waals surface area contributed by atoms with Crippen LogP contribution in [0.2, 0.25) is 0 Å². The van der Waals surface area contributed by atoms with E-state index in [1.165, 1.54) is 16.5 Å². The van der Waals surface area contributed by atoms with Crippen molar-refractivity contribution in [1.29, 1.82) is 0 Å². The Morgan fingerprint density at radius 3 is 1.69 bits per heavy atom. The fourth-order valence-corrected chi connectivity index (χ4v) is 7.31. The Balaban J connectivity index is 1.06. The van der Waals surface area contributed by atoms with Gasteiger partial charge >= 0.3 is 0 Å². The molecular weight excluding hydrogens is 599 g/mol. The van der Waals surface area contributed by atoms with Gasteiger partial charge in [0.2, 0.25) is 0 Å². The second-order valence-corrected chi connectivity index (χ2v) is 12.5. The second kappa shape index (κ2) is 11.0. The lowest BCUT2D eigenvalue weighted by Crippen LogP contribution is -2.09. The Hall–Kier alpha value is -6.58. The van der Waals surface area contributed by atoms with Crippen LogP contribution in [0.1, 0.15) is 0 Å². The number of para-hydroxylation sites is 2. The highest BCUT2D eigenvalue weighted by molar-refractivity contribution is 6.19. The van der Waals surface area contributed by atoms with E-state index in [2.05, 4.69) is 163 Å². The van der Waals surface area contributed by atoms with E-state index >= 15 is 0 Å². The van der Waals surface area contributed by atoms with Crippen LogP contribution >= 0.6 is 0 Å². The van der Waals surface area contributed by atoms with Gasteiger partial charge in [0.1, 0.15) is 22.3 Å². The molecule has 49 heavy (non-hydrogen) atoms. The van der Waals surface area contributed by atoms with E-state index in [9.17, 15) is 0 Å². The Kier molecular flexibility index (Phi) is 6.18. The van der Waals surface area contributed by atoms with E-state index in [1.54, 1.807) is 0 Å². The summed E-state index contributed by atoms with van der Waals surface area (Å²) in [6.45, 7) is 0. The summed E-state index contributed by atoms with van der Waals surface area (Å²) in [5, 5.41) is 6.82. The average molecular weight is 628 g/mol. The number of anilines is 3. The first kappa shape index (κ1) is 27.5. The molecule has 0 aliphatic heterocycles. The Labute approximate surface area is 282 Å². The summed E-state index contributed by atoms with van der Waals surface area (Å²) < 4.78 is 12.9. The van der Waals surface area contributed by atoms with Crippen molar-refractivity contribution >= 4 is 71.7 Å². The maximum Gasteiger partial charge on any atom is 0.143 e. The molecule has 0 atom stereocenters. The molecule has 0 saturated carbocycles. The lowest BCUT2D eigenvalue weighted by Gasteiger charge is -2.25. The molecule has 0 amide bonds. The summed E-state index contributed by atoms with van der Waals surface area (Å²) in [4.78, 5) is 2.27. The number of rotatable bonds is 5. The van der Waals surface area contributed by atoms with Crippen LogP contribution in [-0.2, 0) is 0 Å². The number of hydrogen-bond donors (Lipinski definition) is 0. The third kappa shape index (κ3) is 4.51. The minimum atomic E-state index is 0.874. The van der Waals surface area contributed by atoms with Gasteiger partial charge in [0, 0.05) is 50.1 Å². The monoisotopic (exact) mass is 627 g/mol. The van der Waals surface area contributed by atoms with Crippen LogP contribution in [0.25, 0.3) is 76.9 Å². The first-order valence-corrected chi connectivity index (χ1v) is 16.6. The lowest BCUT2D eigenvalue weighted by molar-refractivity contribution is 0.669. The van der Waals surface area contributed by atoms with E-state index in [0.29, 0.717) is 0 Å². The highest BCUT2D eigenvalue weighted by Crippen LogP contribution is 2.42. The highest BCUT2D eigenvalue weighted by Gasteiger charge is 2.17. The van der Waals surface area contributed by atoms with Gasteiger partial charge in [-0.1, -0.05) is 109 Å². The van der Waals surface area contributed by atoms with E-state index in [-0.39, 0.29) is 0 Å². The predicted molar refractivity (Wildman–Crippen MR) is 204 cm³/mol. The summed E-state index contributed by atoms with van der Waals surface area (Å²) in [6, 6.07) is 61.9. The molecule has 0 spiro atoms. The van der Waals surface area contributed by atoms with Crippen LogP contribution in [0.4, 0.5) is 17.1 Å². The molecule has 0 aliphatic rings. The van der Waals surface area contributed by atoms with Crippen molar-refractivity contribution in [2.75, 3.05) is 4.90 Å². The number of hydrogen-bond acceptors (Lipinski definition) is 3. The van der Waals surface area contributed by atoms with E-state index < -0.39 is 0 Å². The van der Waals surface area contributed by atoms with Crippen LogP contribution < -0.4 is 4.90 Å². The summed E-state index contributed by atoms with van der Waals surface area (Å²) >= 11 is 0. The molecule has 2 aromatic heterocycles. The molecule has 10 aromatic rings. The first-order valence-electron chi connectivity index (χ1n) is 16.6. The van der Waals surface area contributed by atoms with Gasteiger partial charge in [-0.15, -0.1) is 0 Å². The SMILES string of the molecule is c1ccc(-c2cc3c4ccc(-c5ccc(N(c6ccccc6)c6ccc7c(c6)oc6ccccc67)cc5)cc4oc3c3ccccc23)cc1. The molecule has 3 nitrogen and oxygen atoms in total. The van der Waals surface area contributed by atoms with Gasteiger partial charge in [-0.25, -0.2) is 0 Å². The molecule has 2 heterocycles. The summed E-state index contributed by atoms with van der Waals surface area (Å²) in [5.41, 5.74) is 11.4. The Morgan fingerprint density at radius 1 is 0.306 bits per heavy atom. The molecule has 0 aliphatic carbocycles. The maximum absolute atomic E-state index is 6.64. The van der Waals surface area contributed by atoms with Crippen molar-refractivity contribution in [2.45, 2.75) is 0 Å². The van der Waals surface area contributed by atoms with Crippen molar-refractivity contribution in [3.05, 3.63) is 176 Å². The fraction of sp³-hybridized carbons (Fsp3) is 0. The first-order chi connectivity index (χ1) is 24.3. The second-order valence-electron chi connectivity index (χ2n) is 12.5. The highest BCUT2D eigenvalue weighted by atomic mass is 16.3. The predicted octanol–water partition coefficient (Wildman–Crippen LogP) is 13.4. The van der Waals surface area contributed by atoms with Crippen LogP contribution in [0.15, 0.2) is 185 Å². The molecule has 0 saturated heterocycles. The van der Waals surface area contributed by atoms with Crippen LogP contribution in [-0.4, -0.2) is 0 Å².